The molecule has 0 saturated carbocycles. The number of benzene rings is 3. The summed E-state index contributed by atoms with van der Waals surface area (Å²) in [4.78, 5) is 30.3. The lowest BCUT2D eigenvalue weighted by Crippen LogP contribution is -2.14. The van der Waals surface area contributed by atoms with Gasteiger partial charge in [-0.05, 0) is 67.6 Å². The predicted molar refractivity (Wildman–Crippen MR) is 144 cm³/mol. The van der Waals surface area contributed by atoms with Gasteiger partial charge in [-0.3, -0.25) is 9.59 Å². The van der Waals surface area contributed by atoms with E-state index in [0.29, 0.717) is 28.0 Å². The largest absolute Gasteiger partial charge is 0.494 e. The maximum Gasteiger partial charge on any atom is 0.255 e. The van der Waals surface area contributed by atoms with Gasteiger partial charge in [-0.1, -0.05) is 23.7 Å². The molecule has 0 bridgehead atoms. The first-order chi connectivity index (χ1) is 17.0. The number of ether oxygens (including phenoxy) is 1. The Kier molecular flexibility index (Phi) is 8.41. The van der Waals surface area contributed by atoms with Crippen molar-refractivity contribution in [3.63, 3.8) is 0 Å². The van der Waals surface area contributed by atoms with Crippen molar-refractivity contribution in [3.05, 3.63) is 88.8 Å². The van der Waals surface area contributed by atoms with Crippen molar-refractivity contribution >= 4 is 57.3 Å². The highest BCUT2D eigenvalue weighted by atomic mass is 35.5. The van der Waals surface area contributed by atoms with Crippen LogP contribution in [0.2, 0.25) is 5.02 Å². The van der Waals surface area contributed by atoms with Gasteiger partial charge in [0.15, 0.2) is 5.13 Å². The summed E-state index contributed by atoms with van der Waals surface area (Å²) < 4.78 is 5.47. The Balaban J connectivity index is 1.30. The number of thioether (sulfide) groups is 1. The van der Waals surface area contributed by atoms with E-state index in [-0.39, 0.29) is 17.6 Å². The van der Waals surface area contributed by atoms with Crippen LogP contribution in [0.1, 0.15) is 17.3 Å². The SMILES string of the molecule is CCOc1ccc(-c2csc(NC(=O)CSc3cccc(NC(=O)c4cccc(Cl)c4)c3)n2)cc1. The number of hydrogen-bond acceptors (Lipinski definition) is 6. The molecular formula is C26H22ClN3O3S2. The van der Waals surface area contributed by atoms with Gasteiger partial charge in [-0.2, -0.15) is 0 Å². The molecule has 0 saturated heterocycles. The highest BCUT2D eigenvalue weighted by molar-refractivity contribution is 8.00. The molecule has 0 spiro atoms. The third-order valence-corrected chi connectivity index (χ3v) is 6.75. The van der Waals surface area contributed by atoms with Gasteiger partial charge in [-0.25, -0.2) is 4.98 Å². The molecule has 0 fully saturated rings. The van der Waals surface area contributed by atoms with E-state index in [1.54, 1.807) is 30.3 Å². The molecule has 4 rings (SSSR count). The Labute approximate surface area is 216 Å². The molecule has 1 heterocycles. The third-order valence-electron chi connectivity index (χ3n) is 4.76. The fourth-order valence-corrected chi connectivity index (χ4v) is 4.83. The summed E-state index contributed by atoms with van der Waals surface area (Å²) in [7, 11) is 0. The van der Waals surface area contributed by atoms with Gasteiger partial charge in [0.2, 0.25) is 5.91 Å². The number of anilines is 2. The lowest BCUT2D eigenvalue weighted by molar-refractivity contribution is -0.113. The second-order valence-electron chi connectivity index (χ2n) is 7.32. The molecule has 0 unspecified atom stereocenters. The van der Waals surface area contributed by atoms with Gasteiger partial charge >= 0.3 is 0 Å². The maximum absolute atomic E-state index is 12.5. The lowest BCUT2D eigenvalue weighted by Gasteiger charge is -2.08. The van der Waals surface area contributed by atoms with E-state index in [2.05, 4.69) is 15.6 Å². The fraction of sp³-hybridized carbons (Fsp3) is 0.115. The van der Waals surface area contributed by atoms with Crippen LogP contribution in [0.25, 0.3) is 11.3 Å². The minimum atomic E-state index is -0.250. The Hall–Kier alpha value is -3.33. The van der Waals surface area contributed by atoms with Gasteiger partial charge in [0.25, 0.3) is 5.91 Å². The molecule has 0 aliphatic carbocycles. The van der Waals surface area contributed by atoms with E-state index in [4.69, 9.17) is 16.3 Å². The number of nitrogens with one attached hydrogen (secondary N) is 2. The van der Waals surface area contributed by atoms with Crippen molar-refractivity contribution in [1.29, 1.82) is 0 Å². The van der Waals surface area contributed by atoms with Crippen LogP contribution in [0, 0.1) is 0 Å². The molecule has 2 amide bonds. The Morgan fingerprint density at radius 2 is 1.83 bits per heavy atom. The summed E-state index contributed by atoms with van der Waals surface area (Å²) in [6.45, 7) is 2.56. The average Bonchev–Trinajstić information content (AvgIpc) is 3.32. The van der Waals surface area contributed by atoms with Crippen LogP contribution in [0.4, 0.5) is 10.8 Å². The molecule has 35 heavy (non-hydrogen) atoms. The molecule has 3 aromatic carbocycles. The summed E-state index contributed by atoms with van der Waals surface area (Å²) in [6.07, 6.45) is 0. The minimum Gasteiger partial charge on any atom is -0.494 e. The minimum absolute atomic E-state index is 0.157. The highest BCUT2D eigenvalue weighted by Gasteiger charge is 2.11. The molecule has 0 atom stereocenters. The number of hydrogen-bond donors (Lipinski definition) is 2. The van der Waals surface area contributed by atoms with Gasteiger partial charge in [0.1, 0.15) is 5.75 Å². The summed E-state index contributed by atoms with van der Waals surface area (Å²) in [5.41, 5.74) is 2.86. The molecular weight excluding hydrogens is 502 g/mol. The highest BCUT2D eigenvalue weighted by Crippen LogP contribution is 2.27. The van der Waals surface area contributed by atoms with Gasteiger partial charge in [0, 0.05) is 32.1 Å². The van der Waals surface area contributed by atoms with Crippen molar-refractivity contribution in [3.8, 4) is 17.0 Å². The molecule has 9 heteroatoms. The van der Waals surface area contributed by atoms with Crippen molar-refractivity contribution < 1.29 is 14.3 Å². The lowest BCUT2D eigenvalue weighted by atomic mass is 10.2. The number of carbonyl (C=O) groups excluding carboxylic acids is 2. The zero-order valence-electron chi connectivity index (χ0n) is 18.8. The number of halogens is 1. The van der Waals surface area contributed by atoms with Crippen LogP contribution >= 0.6 is 34.7 Å². The van der Waals surface area contributed by atoms with E-state index in [0.717, 1.165) is 21.9 Å². The van der Waals surface area contributed by atoms with Crippen LogP contribution in [0.3, 0.4) is 0 Å². The summed E-state index contributed by atoms with van der Waals surface area (Å²) in [6, 6.07) is 21.8. The average molecular weight is 524 g/mol. The van der Waals surface area contributed by atoms with Crippen LogP contribution in [0.15, 0.2) is 83.1 Å². The molecule has 6 nitrogen and oxygen atoms in total. The smallest absolute Gasteiger partial charge is 0.255 e. The fourth-order valence-electron chi connectivity index (χ4n) is 3.15. The second-order valence-corrected chi connectivity index (χ2v) is 9.67. The quantitative estimate of drug-likeness (QED) is 0.235. The van der Waals surface area contributed by atoms with E-state index in [1.807, 2.05) is 54.8 Å². The molecule has 178 valence electrons. The standard InChI is InChI=1S/C26H22ClN3O3S2/c1-2-33-21-11-9-17(10-12-21)23-15-35-26(29-23)30-24(31)16-34-22-8-4-7-20(14-22)28-25(32)18-5-3-6-19(27)13-18/h3-15H,2,16H2,1H3,(H,28,32)(H,29,30,31). The normalized spacial score (nSPS) is 10.6. The Morgan fingerprint density at radius 3 is 2.60 bits per heavy atom. The number of carbonyl (C=O) groups is 2. The molecule has 4 aromatic rings. The number of nitrogens with zero attached hydrogens (tertiary/aromatic N) is 1. The van der Waals surface area contributed by atoms with Crippen LogP contribution < -0.4 is 15.4 Å². The zero-order valence-corrected chi connectivity index (χ0v) is 21.2. The van der Waals surface area contributed by atoms with Gasteiger partial charge in [-0.15, -0.1) is 23.1 Å². The first-order valence-corrected chi connectivity index (χ1v) is 13.0. The molecule has 1 aromatic heterocycles. The summed E-state index contributed by atoms with van der Waals surface area (Å²) >= 11 is 8.72. The number of rotatable bonds is 9. The third kappa shape index (κ3) is 7.08. The van der Waals surface area contributed by atoms with E-state index < -0.39 is 0 Å². The maximum atomic E-state index is 12.5. The van der Waals surface area contributed by atoms with Crippen molar-refractivity contribution in [2.45, 2.75) is 11.8 Å². The first-order valence-electron chi connectivity index (χ1n) is 10.8. The molecule has 0 aliphatic heterocycles. The predicted octanol–water partition coefficient (Wildman–Crippen LogP) is 6.85. The van der Waals surface area contributed by atoms with Gasteiger partial charge in [0.05, 0.1) is 18.1 Å². The van der Waals surface area contributed by atoms with E-state index in [1.165, 1.54) is 23.1 Å². The van der Waals surface area contributed by atoms with E-state index >= 15 is 0 Å². The zero-order chi connectivity index (χ0) is 24.6. The van der Waals surface area contributed by atoms with Crippen LogP contribution in [-0.4, -0.2) is 29.2 Å². The molecule has 0 radical (unpaired) electrons. The monoisotopic (exact) mass is 523 g/mol. The topological polar surface area (TPSA) is 80.3 Å². The van der Waals surface area contributed by atoms with E-state index in [9.17, 15) is 9.59 Å². The Morgan fingerprint density at radius 1 is 1.03 bits per heavy atom. The van der Waals surface area contributed by atoms with Gasteiger partial charge < -0.3 is 15.4 Å². The number of aromatic nitrogens is 1. The summed E-state index contributed by atoms with van der Waals surface area (Å²) in [5, 5.41) is 8.65. The summed E-state index contributed by atoms with van der Waals surface area (Å²) in [5.74, 6) is 0.615. The molecule has 0 aliphatic rings. The van der Waals surface area contributed by atoms with Crippen LogP contribution in [-0.2, 0) is 4.79 Å². The molecule has 2 N–H and O–H groups in total. The number of thiazole rings is 1. The van der Waals surface area contributed by atoms with Crippen molar-refractivity contribution in [1.82, 2.24) is 4.98 Å². The van der Waals surface area contributed by atoms with Crippen molar-refractivity contribution in [2.75, 3.05) is 23.0 Å². The first kappa shape index (κ1) is 24.8. The Bertz CT molecular complexity index is 1330. The number of amides is 2. The van der Waals surface area contributed by atoms with Crippen molar-refractivity contribution in [2.24, 2.45) is 0 Å². The second kappa shape index (κ2) is 11.9. The van der Waals surface area contributed by atoms with Crippen LogP contribution in [0.5, 0.6) is 5.75 Å².